The Morgan fingerprint density at radius 1 is 1.43 bits per heavy atom. The van der Waals surface area contributed by atoms with Crippen molar-refractivity contribution in [2.24, 2.45) is 0 Å². The van der Waals surface area contributed by atoms with Gasteiger partial charge >= 0.3 is 5.97 Å². The highest BCUT2D eigenvalue weighted by atomic mass is 16.4. The van der Waals surface area contributed by atoms with E-state index in [4.69, 9.17) is 5.11 Å². The maximum absolute atomic E-state index is 10.8. The second-order valence-electron chi connectivity index (χ2n) is 2.84. The Kier molecular flexibility index (Phi) is 1.85. The molecule has 0 fully saturated rings. The quantitative estimate of drug-likeness (QED) is 0.725. The fraction of sp³-hybridized carbons (Fsp3) is 0.111. The lowest BCUT2D eigenvalue weighted by atomic mass is 10.3. The molecule has 0 unspecified atom stereocenters. The average Bonchev–Trinajstić information content (AvgIpc) is 2.16. The lowest BCUT2D eigenvalue weighted by Gasteiger charge is -2.00. The highest BCUT2D eigenvalue weighted by molar-refractivity contribution is 5.98. The van der Waals surface area contributed by atoms with Crippen molar-refractivity contribution < 1.29 is 9.90 Å². The van der Waals surface area contributed by atoms with E-state index in [0.717, 1.165) is 0 Å². The second kappa shape index (κ2) is 3.02. The van der Waals surface area contributed by atoms with Crippen molar-refractivity contribution in [2.75, 3.05) is 0 Å². The average molecular weight is 189 g/mol. The number of aromatic carboxylic acids is 1. The zero-order chi connectivity index (χ0) is 10.1. The molecule has 2 aromatic heterocycles. The van der Waals surface area contributed by atoms with E-state index in [0.29, 0.717) is 16.7 Å². The molecule has 0 saturated carbocycles. The number of hydrogen-bond donors (Lipinski definition) is 1. The standard InChI is InChI=1S/C9H7N3O2/c1-5-4-11-6-2-3-10-8(9(13)14)7(6)12-5/h2-4H,1H3,(H,13,14). The third-order valence-corrected chi connectivity index (χ3v) is 1.78. The van der Waals surface area contributed by atoms with Crippen LogP contribution in [0, 0.1) is 6.92 Å². The number of aryl methyl sites for hydroxylation is 1. The van der Waals surface area contributed by atoms with Crippen LogP contribution >= 0.6 is 0 Å². The summed E-state index contributed by atoms with van der Waals surface area (Å²) < 4.78 is 0. The molecule has 70 valence electrons. The molecule has 0 saturated heterocycles. The molecule has 5 nitrogen and oxygen atoms in total. The van der Waals surface area contributed by atoms with Crippen LogP contribution in [0.2, 0.25) is 0 Å². The Balaban J connectivity index is 2.84. The highest BCUT2D eigenvalue weighted by Gasteiger charge is 2.11. The van der Waals surface area contributed by atoms with E-state index in [1.54, 1.807) is 19.2 Å². The van der Waals surface area contributed by atoms with E-state index in [1.165, 1.54) is 6.20 Å². The molecule has 2 aromatic rings. The molecule has 0 spiro atoms. The molecule has 1 N–H and O–H groups in total. The van der Waals surface area contributed by atoms with Crippen LogP contribution in [0.3, 0.4) is 0 Å². The largest absolute Gasteiger partial charge is 0.476 e. The van der Waals surface area contributed by atoms with Crippen molar-refractivity contribution in [1.29, 1.82) is 0 Å². The fourth-order valence-electron chi connectivity index (χ4n) is 1.18. The third-order valence-electron chi connectivity index (χ3n) is 1.78. The second-order valence-corrected chi connectivity index (χ2v) is 2.84. The highest BCUT2D eigenvalue weighted by Crippen LogP contribution is 2.11. The van der Waals surface area contributed by atoms with Crippen LogP contribution < -0.4 is 0 Å². The number of nitrogens with zero attached hydrogens (tertiary/aromatic N) is 3. The molecule has 0 aromatic carbocycles. The van der Waals surface area contributed by atoms with E-state index >= 15 is 0 Å². The minimum Gasteiger partial charge on any atom is -0.476 e. The fourth-order valence-corrected chi connectivity index (χ4v) is 1.18. The molecule has 0 aliphatic carbocycles. The molecule has 2 rings (SSSR count). The number of hydrogen-bond acceptors (Lipinski definition) is 4. The zero-order valence-electron chi connectivity index (χ0n) is 7.43. The third kappa shape index (κ3) is 1.28. The molecular formula is C9H7N3O2. The molecule has 0 amide bonds. The Morgan fingerprint density at radius 2 is 2.21 bits per heavy atom. The van der Waals surface area contributed by atoms with Gasteiger partial charge in [-0.25, -0.2) is 14.8 Å². The molecule has 0 aliphatic heterocycles. The summed E-state index contributed by atoms with van der Waals surface area (Å²) in [6, 6.07) is 1.63. The van der Waals surface area contributed by atoms with Gasteiger partial charge in [0.25, 0.3) is 0 Å². The van der Waals surface area contributed by atoms with Crippen LogP contribution in [0.25, 0.3) is 11.0 Å². The van der Waals surface area contributed by atoms with Gasteiger partial charge in [0.05, 0.1) is 11.2 Å². The number of pyridine rings is 1. The Labute approximate surface area is 79.5 Å². The molecule has 5 heteroatoms. The number of carboxylic acids is 1. The van der Waals surface area contributed by atoms with Gasteiger partial charge in [-0.1, -0.05) is 0 Å². The summed E-state index contributed by atoms with van der Waals surface area (Å²) in [6.45, 7) is 1.76. The van der Waals surface area contributed by atoms with Gasteiger partial charge in [0.15, 0.2) is 5.69 Å². The van der Waals surface area contributed by atoms with Crippen LogP contribution in [-0.2, 0) is 0 Å². The van der Waals surface area contributed by atoms with Crippen molar-refractivity contribution in [2.45, 2.75) is 6.92 Å². The van der Waals surface area contributed by atoms with Crippen LogP contribution in [-0.4, -0.2) is 26.0 Å². The van der Waals surface area contributed by atoms with Gasteiger partial charge < -0.3 is 5.11 Å². The van der Waals surface area contributed by atoms with Crippen molar-refractivity contribution >= 4 is 17.0 Å². The van der Waals surface area contributed by atoms with Crippen molar-refractivity contribution in [3.8, 4) is 0 Å². The number of aromatic nitrogens is 3. The maximum atomic E-state index is 10.8. The molecule has 0 radical (unpaired) electrons. The molecule has 14 heavy (non-hydrogen) atoms. The van der Waals surface area contributed by atoms with Crippen LogP contribution in [0.15, 0.2) is 18.5 Å². The lowest BCUT2D eigenvalue weighted by Crippen LogP contribution is -2.03. The SMILES string of the molecule is Cc1cnc2ccnc(C(=O)O)c2n1. The van der Waals surface area contributed by atoms with Gasteiger partial charge in [-0.3, -0.25) is 4.98 Å². The minimum atomic E-state index is -1.09. The van der Waals surface area contributed by atoms with Gasteiger partial charge in [0.2, 0.25) is 0 Å². The van der Waals surface area contributed by atoms with E-state index < -0.39 is 5.97 Å². The van der Waals surface area contributed by atoms with Crippen LogP contribution in [0.4, 0.5) is 0 Å². The van der Waals surface area contributed by atoms with Crippen molar-refractivity contribution in [3.63, 3.8) is 0 Å². The first-order valence-electron chi connectivity index (χ1n) is 4.00. The minimum absolute atomic E-state index is 0.0568. The van der Waals surface area contributed by atoms with Gasteiger partial charge in [-0.05, 0) is 13.0 Å². The van der Waals surface area contributed by atoms with Crippen LogP contribution in [0.1, 0.15) is 16.2 Å². The first-order valence-corrected chi connectivity index (χ1v) is 4.00. The number of fused-ring (bicyclic) bond motifs is 1. The van der Waals surface area contributed by atoms with E-state index in [1.807, 2.05) is 0 Å². The summed E-state index contributed by atoms with van der Waals surface area (Å²) in [5.41, 5.74) is 1.50. The zero-order valence-corrected chi connectivity index (χ0v) is 7.43. The monoisotopic (exact) mass is 189 g/mol. The predicted octanol–water partition coefficient (Wildman–Crippen LogP) is 1.03. The van der Waals surface area contributed by atoms with Gasteiger partial charge in [0, 0.05) is 12.4 Å². The van der Waals surface area contributed by atoms with Gasteiger partial charge in [-0.2, -0.15) is 0 Å². The number of rotatable bonds is 1. The summed E-state index contributed by atoms with van der Waals surface area (Å²) in [6.07, 6.45) is 3.00. The Bertz CT molecular complexity index is 510. The summed E-state index contributed by atoms with van der Waals surface area (Å²) in [4.78, 5) is 22.7. The summed E-state index contributed by atoms with van der Waals surface area (Å²) >= 11 is 0. The first-order chi connectivity index (χ1) is 6.68. The summed E-state index contributed by atoms with van der Waals surface area (Å²) in [5, 5.41) is 8.84. The predicted molar refractivity (Wildman–Crippen MR) is 49.0 cm³/mol. The Morgan fingerprint density at radius 3 is 2.93 bits per heavy atom. The number of carbonyl (C=O) groups is 1. The van der Waals surface area contributed by atoms with Gasteiger partial charge in [-0.15, -0.1) is 0 Å². The summed E-state index contributed by atoms with van der Waals surface area (Å²) in [5.74, 6) is -1.09. The maximum Gasteiger partial charge on any atom is 0.356 e. The number of carboxylic acid groups (broad SMARTS) is 1. The van der Waals surface area contributed by atoms with Crippen molar-refractivity contribution in [3.05, 3.63) is 29.8 Å². The molecule has 0 bridgehead atoms. The van der Waals surface area contributed by atoms with Crippen LogP contribution in [0.5, 0.6) is 0 Å². The van der Waals surface area contributed by atoms with Gasteiger partial charge in [0.1, 0.15) is 5.52 Å². The molecule has 2 heterocycles. The first kappa shape index (κ1) is 8.55. The topological polar surface area (TPSA) is 76.0 Å². The lowest BCUT2D eigenvalue weighted by molar-refractivity contribution is 0.0692. The molecule has 0 aliphatic rings. The van der Waals surface area contributed by atoms with Crippen molar-refractivity contribution in [1.82, 2.24) is 15.0 Å². The van der Waals surface area contributed by atoms with E-state index in [-0.39, 0.29) is 5.69 Å². The van der Waals surface area contributed by atoms with E-state index in [2.05, 4.69) is 15.0 Å². The van der Waals surface area contributed by atoms with E-state index in [9.17, 15) is 4.79 Å². The summed E-state index contributed by atoms with van der Waals surface area (Å²) in [7, 11) is 0. The molecular weight excluding hydrogens is 182 g/mol. The smallest absolute Gasteiger partial charge is 0.356 e. The Hall–Kier alpha value is -2.04. The molecule has 0 atom stereocenters. The normalized spacial score (nSPS) is 10.4.